The summed E-state index contributed by atoms with van der Waals surface area (Å²) in [7, 11) is 2.19. The van der Waals surface area contributed by atoms with Gasteiger partial charge in [-0.2, -0.15) is 0 Å². The van der Waals surface area contributed by atoms with Crippen molar-refractivity contribution in [2.24, 2.45) is 5.92 Å². The lowest BCUT2D eigenvalue weighted by molar-refractivity contribution is 0.00121. The van der Waals surface area contributed by atoms with Crippen molar-refractivity contribution in [2.45, 2.75) is 12.5 Å². The second-order valence-corrected chi connectivity index (χ2v) is 4.03. The van der Waals surface area contributed by atoms with Crippen LogP contribution in [0.15, 0.2) is 0 Å². The number of nitrogens with zero attached hydrogens (tertiary/aromatic N) is 1. The van der Waals surface area contributed by atoms with E-state index in [0.29, 0.717) is 6.10 Å². The lowest BCUT2D eigenvalue weighted by Crippen LogP contribution is -2.49. The average Bonchev–Trinajstić information content (AvgIpc) is 2.32. The third-order valence-corrected chi connectivity index (χ3v) is 2.80. The molecule has 2 fully saturated rings. The van der Waals surface area contributed by atoms with Gasteiger partial charge in [0, 0.05) is 19.6 Å². The van der Waals surface area contributed by atoms with Crippen LogP contribution in [0.5, 0.6) is 0 Å². The summed E-state index contributed by atoms with van der Waals surface area (Å²) < 4.78 is 5.72. The van der Waals surface area contributed by atoms with Gasteiger partial charge >= 0.3 is 0 Å². The number of nitrogens with one attached hydrogen (secondary N) is 1. The predicted octanol–water partition coefficient (Wildman–Crippen LogP) is -0.0735. The molecule has 2 rings (SSSR count). The van der Waals surface area contributed by atoms with Crippen LogP contribution in [0, 0.1) is 5.92 Å². The van der Waals surface area contributed by atoms with Gasteiger partial charge in [-0.3, -0.25) is 0 Å². The van der Waals surface area contributed by atoms with E-state index in [1.807, 2.05) is 0 Å². The molecule has 1 N–H and O–H groups in total. The van der Waals surface area contributed by atoms with Crippen LogP contribution in [0.2, 0.25) is 0 Å². The van der Waals surface area contributed by atoms with E-state index in [2.05, 4.69) is 17.3 Å². The highest BCUT2D eigenvalue weighted by Crippen LogP contribution is 2.15. The maximum Gasteiger partial charge on any atom is 0.0823 e. The molecule has 0 aromatic rings. The Morgan fingerprint density at radius 3 is 2.83 bits per heavy atom. The van der Waals surface area contributed by atoms with Gasteiger partial charge in [0.15, 0.2) is 0 Å². The minimum absolute atomic E-state index is 0.510. The fraction of sp³-hybridized carbons (Fsp3) is 1.00. The molecule has 3 heteroatoms. The van der Waals surface area contributed by atoms with Crippen molar-refractivity contribution in [1.82, 2.24) is 10.2 Å². The van der Waals surface area contributed by atoms with Gasteiger partial charge in [0.2, 0.25) is 0 Å². The summed E-state index contributed by atoms with van der Waals surface area (Å²) in [4.78, 5) is 2.38. The SMILES string of the molecule is CN1CCC(COC2CNC2)C1. The third kappa shape index (κ3) is 1.97. The summed E-state index contributed by atoms with van der Waals surface area (Å²) in [6.07, 6.45) is 1.83. The molecular formula is C9H18N2O. The van der Waals surface area contributed by atoms with Crippen molar-refractivity contribution < 1.29 is 4.74 Å². The molecule has 2 saturated heterocycles. The van der Waals surface area contributed by atoms with Crippen molar-refractivity contribution in [1.29, 1.82) is 0 Å². The lowest BCUT2D eigenvalue weighted by Gasteiger charge is -2.28. The fourth-order valence-corrected chi connectivity index (χ4v) is 1.81. The Labute approximate surface area is 74.1 Å². The van der Waals surface area contributed by atoms with Crippen LogP contribution in [-0.2, 0) is 4.74 Å². The molecular weight excluding hydrogens is 152 g/mol. The van der Waals surface area contributed by atoms with Crippen LogP contribution in [0.3, 0.4) is 0 Å². The molecule has 0 spiro atoms. The van der Waals surface area contributed by atoms with Crippen LogP contribution in [0.25, 0.3) is 0 Å². The molecule has 3 nitrogen and oxygen atoms in total. The van der Waals surface area contributed by atoms with Crippen molar-refractivity contribution in [3.63, 3.8) is 0 Å². The van der Waals surface area contributed by atoms with E-state index in [4.69, 9.17) is 4.74 Å². The number of ether oxygens (including phenoxy) is 1. The molecule has 0 radical (unpaired) electrons. The van der Waals surface area contributed by atoms with E-state index in [9.17, 15) is 0 Å². The molecule has 0 aromatic carbocycles. The number of rotatable bonds is 3. The maximum atomic E-state index is 5.72. The highest BCUT2D eigenvalue weighted by Gasteiger charge is 2.23. The standard InChI is InChI=1S/C9H18N2O/c1-11-3-2-8(6-11)7-12-9-4-10-5-9/h8-10H,2-7H2,1H3. The summed E-state index contributed by atoms with van der Waals surface area (Å²) in [5.74, 6) is 0.788. The van der Waals surface area contributed by atoms with Crippen molar-refractivity contribution in [3.05, 3.63) is 0 Å². The quantitative estimate of drug-likeness (QED) is 0.641. The number of likely N-dealkylation sites (tertiary alicyclic amines) is 1. The van der Waals surface area contributed by atoms with Crippen molar-refractivity contribution in [2.75, 3.05) is 39.8 Å². The molecule has 0 bridgehead atoms. The molecule has 0 saturated carbocycles. The van der Waals surface area contributed by atoms with E-state index >= 15 is 0 Å². The summed E-state index contributed by atoms with van der Waals surface area (Å²) in [5, 5.41) is 3.21. The Bertz CT molecular complexity index is 147. The lowest BCUT2D eigenvalue weighted by atomic mass is 10.1. The summed E-state index contributed by atoms with van der Waals surface area (Å²) in [6, 6.07) is 0. The zero-order chi connectivity index (χ0) is 8.39. The second-order valence-electron chi connectivity index (χ2n) is 4.03. The first-order chi connectivity index (χ1) is 5.84. The van der Waals surface area contributed by atoms with Crippen LogP contribution >= 0.6 is 0 Å². The largest absolute Gasteiger partial charge is 0.375 e. The van der Waals surface area contributed by atoms with E-state index in [1.54, 1.807) is 0 Å². The molecule has 2 aliphatic rings. The van der Waals surface area contributed by atoms with Crippen molar-refractivity contribution in [3.8, 4) is 0 Å². The monoisotopic (exact) mass is 170 g/mol. The van der Waals surface area contributed by atoms with E-state index < -0.39 is 0 Å². The van der Waals surface area contributed by atoms with Crippen LogP contribution in [-0.4, -0.2) is 50.8 Å². The third-order valence-electron chi connectivity index (χ3n) is 2.80. The fourth-order valence-electron chi connectivity index (χ4n) is 1.81. The smallest absolute Gasteiger partial charge is 0.0823 e. The normalized spacial score (nSPS) is 32.2. The molecule has 2 aliphatic heterocycles. The first-order valence-corrected chi connectivity index (χ1v) is 4.85. The molecule has 2 heterocycles. The van der Waals surface area contributed by atoms with Gasteiger partial charge in [0.1, 0.15) is 0 Å². The zero-order valence-corrected chi connectivity index (χ0v) is 7.75. The first-order valence-electron chi connectivity index (χ1n) is 4.85. The Morgan fingerprint density at radius 2 is 2.33 bits per heavy atom. The van der Waals surface area contributed by atoms with Crippen LogP contribution < -0.4 is 5.32 Å². The Hall–Kier alpha value is -0.120. The minimum Gasteiger partial charge on any atom is -0.375 e. The van der Waals surface area contributed by atoms with Crippen LogP contribution in [0.1, 0.15) is 6.42 Å². The maximum absolute atomic E-state index is 5.72. The topological polar surface area (TPSA) is 24.5 Å². The molecule has 1 unspecified atom stereocenters. The Kier molecular flexibility index (Phi) is 2.63. The minimum atomic E-state index is 0.510. The van der Waals surface area contributed by atoms with Gasteiger partial charge in [0.25, 0.3) is 0 Å². The molecule has 0 amide bonds. The van der Waals surface area contributed by atoms with Crippen LogP contribution in [0.4, 0.5) is 0 Å². The Balaban J connectivity index is 1.60. The van der Waals surface area contributed by atoms with Gasteiger partial charge in [0.05, 0.1) is 12.7 Å². The molecule has 12 heavy (non-hydrogen) atoms. The summed E-state index contributed by atoms with van der Waals surface area (Å²) in [5.41, 5.74) is 0. The van der Waals surface area contributed by atoms with E-state index in [-0.39, 0.29) is 0 Å². The van der Waals surface area contributed by atoms with Gasteiger partial charge in [-0.1, -0.05) is 0 Å². The second kappa shape index (κ2) is 3.73. The Morgan fingerprint density at radius 1 is 1.50 bits per heavy atom. The summed E-state index contributed by atoms with van der Waals surface area (Å²) >= 11 is 0. The number of hydrogen-bond acceptors (Lipinski definition) is 3. The van der Waals surface area contributed by atoms with E-state index in [0.717, 1.165) is 25.6 Å². The van der Waals surface area contributed by atoms with Crippen molar-refractivity contribution >= 4 is 0 Å². The van der Waals surface area contributed by atoms with Gasteiger partial charge < -0.3 is 15.0 Å². The zero-order valence-electron chi connectivity index (χ0n) is 7.75. The first kappa shape index (κ1) is 8.48. The highest BCUT2D eigenvalue weighted by atomic mass is 16.5. The van der Waals surface area contributed by atoms with Gasteiger partial charge in [-0.15, -0.1) is 0 Å². The molecule has 0 aliphatic carbocycles. The average molecular weight is 170 g/mol. The molecule has 0 aromatic heterocycles. The molecule has 70 valence electrons. The summed E-state index contributed by atoms with van der Waals surface area (Å²) in [6.45, 7) is 5.55. The highest BCUT2D eigenvalue weighted by molar-refractivity contribution is 4.77. The number of hydrogen-bond donors (Lipinski definition) is 1. The van der Waals surface area contributed by atoms with E-state index in [1.165, 1.54) is 19.5 Å². The van der Waals surface area contributed by atoms with Gasteiger partial charge in [-0.25, -0.2) is 0 Å². The molecule has 1 atom stereocenters. The predicted molar refractivity (Wildman–Crippen MR) is 48.2 cm³/mol. The van der Waals surface area contributed by atoms with Gasteiger partial charge in [-0.05, 0) is 25.9 Å².